The van der Waals surface area contributed by atoms with Crippen molar-refractivity contribution in [2.24, 2.45) is 0 Å². The van der Waals surface area contributed by atoms with Gasteiger partial charge in [0.05, 0.1) is 5.41 Å². The van der Waals surface area contributed by atoms with E-state index in [-0.39, 0.29) is 17.9 Å². The summed E-state index contributed by atoms with van der Waals surface area (Å²) >= 11 is 0. The van der Waals surface area contributed by atoms with E-state index in [1.807, 2.05) is 18.2 Å². The zero-order valence-corrected chi connectivity index (χ0v) is 11.4. The molecule has 1 aromatic rings. The first-order chi connectivity index (χ1) is 9.29. The monoisotopic (exact) mass is 261 g/mol. The third kappa shape index (κ3) is 3.16. The smallest absolute Gasteiger partial charge is 0.230 e. The van der Waals surface area contributed by atoms with Crippen molar-refractivity contribution in [3.05, 3.63) is 35.9 Å². The fourth-order valence-corrected chi connectivity index (χ4v) is 2.99. The van der Waals surface area contributed by atoms with Gasteiger partial charge in [0.25, 0.3) is 0 Å². The summed E-state index contributed by atoms with van der Waals surface area (Å²) in [4.78, 5) is 12.6. The molecule has 1 fully saturated rings. The summed E-state index contributed by atoms with van der Waals surface area (Å²) in [5.41, 5.74) is 0.827. The molecule has 0 heterocycles. The van der Waals surface area contributed by atoms with Gasteiger partial charge in [-0.05, 0) is 31.2 Å². The van der Waals surface area contributed by atoms with Gasteiger partial charge in [-0.3, -0.25) is 4.79 Å². The average Bonchev–Trinajstić information content (AvgIpc) is 2.95. The van der Waals surface area contributed by atoms with Gasteiger partial charge in [-0.15, -0.1) is 0 Å². The van der Waals surface area contributed by atoms with Crippen molar-refractivity contribution in [2.45, 2.75) is 43.9 Å². The van der Waals surface area contributed by atoms with E-state index >= 15 is 0 Å². The molecule has 1 aliphatic carbocycles. The van der Waals surface area contributed by atoms with Crippen molar-refractivity contribution in [2.75, 3.05) is 13.2 Å². The van der Waals surface area contributed by atoms with Crippen LogP contribution in [-0.2, 0) is 10.2 Å². The second-order valence-electron chi connectivity index (χ2n) is 5.34. The summed E-state index contributed by atoms with van der Waals surface area (Å²) < 4.78 is 0. The molecule has 0 radical (unpaired) electrons. The summed E-state index contributed by atoms with van der Waals surface area (Å²) in [6.07, 6.45) is 5.73. The van der Waals surface area contributed by atoms with Gasteiger partial charge >= 0.3 is 0 Å². The molecule has 1 saturated carbocycles. The molecule has 0 bridgehead atoms. The maximum atomic E-state index is 12.6. The Morgan fingerprint density at radius 3 is 2.47 bits per heavy atom. The van der Waals surface area contributed by atoms with E-state index in [1.54, 1.807) is 0 Å². The van der Waals surface area contributed by atoms with E-state index in [0.717, 1.165) is 44.1 Å². The van der Waals surface area contributed by atoms with Crippen LogP contribution in [0.2, 0.25) is 0 Å². The van der Waals surface area contributed by atoms with Crippen molar-refractivity contribution in [3.8, 4) is 0 Å². The molecule has 0 atom stereocenters. The number of hydrogen-bond acceptors (Lipinski definition) is 2. The Morgan fingerprint density at radius 1 is 1.16 bits per heavy atom. The van der Waals surface area contributed by atoms with Crippen molar-refractivity contribution in [3.63, 3.8) is 0 Å². The number of hydrogen-bond donors (Lipinski definition) is 2. The number of carbonyl (C=O) groups excluding carboxylic acids is 1. The summed E-state index contributed by atoms with van der Waals surface area (Å²) in [6, 6.07) is 10.1. The Morgan fingerprint density at radius 2 is 1.84 bits per heavy atom. The van der Waals surface area contributed by atoms with Gasteiger partial charge in [0, 0.05) is 13.2 Å². The molecule has 0 saturated heterocycles. The Labute approximate surface area is 115 Å². The lowest BCUT2D eigenvalue weighted by atomic mass is 9.78. The van der Waals surface area contributed by atoms with Crippen LogP contribution < -0.4 is 5.32 Å². The molecule has 104 valence electrons. The first kappa shape index (κ1) is 14.1. The van der Waals surface area contributed by atoms with Gasteiger partial charge in [0.2, 0.25) is 5.91 Å². The summed E-state index contributed by atoms with van der Waals surface area (Å²) in [7, 11) is 0. The molecule has 0 aliphatic heterocycles. The van der Waals surface area contributed by atoms with Gasteiger partial charge in [-0.2, -0.15) is 0 Å². The van der Waals surface area contributed by atoms with Crippen molar-refractivity contribution < 1.29 is 9.90 Å². The van der Waals surface area contributed by atoms with Crippen LogP contribution >= 0.6 is 0 Å². The van der Waals surface area contributed by atoms with Crippen molar-refractivity contribution in [1.29, 1.82) is 0 Å². The van der Waals surface area contributed by atoms with Crippen molar-refractivity contribution in [1.82, 2.24) is 5.32 Å². The number of carbonyl (C=O) groups is 1. The molecule has 1 amide bonds. The number of amides is 1. The quantitative estimate of drug-likeness (QED) is 0.772. The van der Waals surface area contributed by atoms with Gasteiger partial charge in [0.15, 0.2) is 0 Å². The largest absolute Gasteiger partial charge is 0.396 e. The normalized spacial score (nSPS) is 17.3. The molecule has 0 aromatic heterocycles. The highest BCUT2D eigenvalue weighted by molar-refractivity contribution is 5.88. The van der Waals surface area contributed by atoms with Crippen LogP contribution in [0.15, 0.2) is 30.3 Å². The van der Waals surface area contributed by atoms with Crippen LogP contribution in [0.4, 0.5) is 0 Å². The van der Waals surface area contributed by atoms with Crippen LogP contribution in [0, 0.1) is 0 Å². The first-order valence-electron chi connectivity index (χ1n) is 7.24. The van der Waals surface area contributed by atoms with Crippen LogP contribution in [0.1, 0.15) is 44.1 Å². The highest BCUT2D eigenvalue weighted by Gasteiger charge is 2.42. The summed E-state index contributed by atoms with van der Waals surface area (Å²) in [5, 5.41) is 11.8. The highest BCUT2D eigenvalue weighted by Crippen LogP contribution is 2.41. The van der Waals surface area contributed by atoms with Crippen molar-refractivity contribution >= 4 is 5.91 Å². The van der Waals surface area contributed by atoms with E-state index in [1.165, 1.54) is 0 Å². The average molecular weight is 261 g/mol. The van der Waals surface area contributed by atoms with E-state index in [2.05, 4.69) is 17.4 Å². The maximum absolute atomic E-state index is 12.6. The van der Waals surface area contributed by atoms with Gasteiger partial charge in [0.1, 0.15) is 0 Å². The molecular formula is C16H23NO2. The fraction of sp³-hybridized carbons (Fsp3) is 0.562. The fourth-order valence-electron chi connectivity index (χ4n) is 2.99. The standard InChI is InChI=1S/C16H23NO2/c18-13-7-6-12-17-15(19)16(10-4-5-11-16)14-8-2-1-3-9-14/h1-3,8-9,18H,4-7,10-13H2,(H,17,19). The minimum atomic E-state index is -0.319. The second-order valence-corrected chi connectivity index (χ2v) is 5.34. The Bertz CT molecular complexity index is 396. The minimum Gasteiger partial charge on any atom is -0.396 e. The van der Waals surface area contributed by atoms with Gasteiger partial charge in [-0.25, -0.2) is 0 Å². The zero-order chi connectivity index (χ0) is 13.6. The Hall–Kier alpha value is -1.35. The van der Waals surface area contributed by atoms with E-state index in [0.29, 0.717) is 6.54 Å². The van der Waals surface area contributed by atoms with Gasteiger partial charge in [-0.1, -0.05) is 43.2 Å². The number of aliphatic hydroxyl groups excluding tert-OH is 1. The topological polar surface area (TPSA) is 49.3 Å². The molecule has 2 rings (SSSR count). The number of unbranched alkanes of at least 4 members (excludes halogenated alkanes) is 1. The minimum absolute atomic E-state index is 0.161. The molecule has 0 spiro atoms. The third-order valence-electron chi connectivity index (χ3n) is 4.09. The maximum Gasteiger partial charge on any atom is 0.230 e. The lowest BCUT2D eigenvalue weighted by molar-refractivity contribution is -0.126. The SMILES string of the molecule is O=C(NCCCCO)C1(c2ccccc2)CCCC1. The molecular weight excluding hydrogens is 238 g/mol. The highest BCUT2D eigenvalue weighted by atomic mass is 16.2. The zero-order valence-electron chi connectivity index (χ0n) is 11.4. The van der Waals surface area contributed by atoms with Crippen LogP contribution in [0.5, 0.6) is 0 Å². The molecule has 3 nitrogen and oxygen atoms in total. The predicted octanol–water partition coefficient (Wildman–Crippen LogP) is 2.39. The molecule has 2 N–H and O–H groups in total. The first-order valence-corrected chi connectivity index (χ1v) is 7.24. The number of nitrogens with one attached hydrogen (secondary N) is 1. The predicted molar refractivity (Wildman–Crippen MR) is 75.9 cm³/mol. The number of rotatable bonds is 6. The molecule has 0 unspecified atom stereocenters. The van der Waals surface area contributed by atoms with E-state index < -0.39 is 0 Å². The number of aliphatic hydroxyl groups is 1. The lowest BCUT2D eigenvalue weighted by Gasteiger charge is -2.28. The second kappa shape index (κ2) is 6.71. The lowest BCUT2D eigenvalue weighted by Crippen LogP contribution is -2.43. The van der Waals surface area contributed by atoms with Crippen LogP contribution in [0.25, 0.3) is 0 Å². The summed E-state index contributed by atoms with van der Waals surface area (Å²) in [5.74, 6) is 0.161. The van der Waals surface area contributed by atoms with Crippen LogP contribution in [0.3, 0.4) is 0 Å². The van der Waals surface area contributed by atoms with Crippen LogP contribution in [-0.4, -0.2) is 24.2 Å². The molecule has 1 aliphatic rings. The molecule has 3 heteroatoms. The number of benzene rings is 1. The molecule has 19 heavy (non-hydrogen) atoms. The molecule has 1 aromatic carbocycles. The van der Waals surface area contributed by atoms with Gasteiger partial charge < -0.3 is 10.4 Å². The Kier molecular flexibility index (Phi) is 4.97. The van der Waals surface area contributed by atoms with E-state index in [9.17, 15) is 4.79 Å². The Balaban J connectivity index is 2.05. The third-order valence-corrected chi connectivity index (χ3v) is 4.09. The van der Waals surface area contributed by atoms with E-state index in [4.69, 9.17) is 5.11 Å². The summed E-state index contributed by atoms with van der Waals surface area (Å²) in [6.45, 7) is 0.855.